The molecule has 1 aliphatic carbocycles. The zero-order valence-corrected chi connectivity index (χ0v) is 16.4. The predicted molar refractivity (Wildman–Crippen MR) is 103 cm³/mol. The van der Waals surface area contributed by atoms with E-state index in [1.807, 2.05) is 19.9 Å². The van der Waals surface area contributed by atoms with Gasteiger partial charge < -0.3 is 4.90 Å². The summed E-state index contributed by atoms with van der Waals surface area (Å²) in [5, 5.41) is 8.98. The summed E-state index contributed by atoms with van der Waals surface area (Å²) in [6.45, 7) is 7.11. The second-order valence-electron chi connectivity index (χ2n) is 8.44. The second-order valence-corrected chi connectivity index (χ2v) is 8.44. The van der Waals surface area contributed by atoms with Gasteiger partial charge in [0.05, 0.1) is 18.3 Å². The Hall–Kier alpha value is -2.48. The van der Waals surface area contributed by atoms with Crippen LogP contribution in [0.2, 0.25) is 0 Å². The van der Waals surface area contributed by atoms with Gasteiger partial charge in [0.1, 0.15) is 0 Å². The number of rotatable bonds is 5. The third kappa shape index (κ3) is 3.05. The quantitative estimate of drug-likeness (QED) is 0.762. The smallest absolute Gasteiger partial charge is 0.266 e. The van der Waals surface area contributed by atoms with Crippen LogP contribution in [0.1, 0.15) is 30.7 Å². The first-order chi connectivity index (χ1) is 13.5. The molecule has 3 fully saturated rings. The van der Waals surface area contributed by atoms with Crippen LogP contribution in [0.4, 0.5) is 0 Å². The van der Waals surface area contributed by atoms with Crippen molar-refractivity contribution in [3.63, 3.8) is 0 Å². The van der Waals surface area contributed by atoms with Crippen molar-refractivity contribution in [2.24, 2.45) is 5.92 Å². The Balaban J connectivity index is 1.24. The van der Waals surface area contributed by atoms with Crippen molar-refractivity contribution < 1.29 is 4.79 Å². The molecule has 1 amide bonds. The van der Waals surface area contributed by atoms with Crippen molar-refractivity contribution in [2.75, 3.05) is 19.6 Å². The van der Waals surface area contributed by atoms with Crippen molar-refractivity contribution in [2.45, 2.75) is 51.7 Å². The van der Waals surface area contributed by atoms with Gasteiger partial charge in [0.25, 0.3) is 5.56 Å². The number of carbonyl (C=O) groups excluding carboxylic acids is 1. The number of carbonyl (C=O) groups is 1. The summed E-state index contributed by atoms with van der Waals surface area (Å²) in [5.74, 6) is 1.32. The SMILES string of the molecule is Cc1cc(C)n(-c2ccc(=O)n(CC3CN(C4CCN(C5CC5)C4=O)C3)n2)n1. The highest BCUT2D eigenvalue weighted by Crippen LogP contribution is 2.34. The summed E-state index contributed by atoms with van der Waals surface area (Å²) in [7, 11) is 0. The fourth-order valence-corrected chi connectivity index (χ4v) is 4.54. The predicted octanol–water partition coefficient (Wildman–Crippen LogP) is 0.741. The van der Waals surface area contributed by atoms with E-state index >= 15 is 0 Å². The van der Waals surface area contributed by atoms with Crippen LogP contribution in [-0.2, 0) is 11.3 Å². The van der Waals surface area contributed by atoms with Gasteiger partial charge in [-0.15, -0.1) is 5.10 Å². The van der Waals surface area contributed by atoms with Crippen LogP contribution < -0.4 is 5.56 Å². The van der Waals surface area contributed by atoms with Gasteiger partial charge in [-0.3, -0.25) is 14.5 Å². The minimum absolute atomic E-state index is 0.0440. The lowest BCUT2D eigenvalue weighted by molar-refractivity contribution is -0.135. The molecule has 2 saturated heterocycles. The maximum Gasteiger partial charge on any atom is 0.266 e. The number of amides is 1. The van der Waals surface area contributed by atoms with Crippen LogP contribution in [-0.4, -0.2) is 67.0 Å². The van der Waals surface area contributed by atoms with Gasteiger partial charge in [-0.1, -0.05) is 0 Å². The Labute approximate surface area is 163 Å². The lowest BCUT2D eigenvalue weighted by Gasteiger charge is -2.42. The molecule has 28 heavy (non-hydrogen) atoms. The van der Waals surface area contributed by atoms with E-state index in [1.54, 1.807) is 21.5 Å². The first kappa shape index (κ1) is 17.6. The molecule has 0 bridgehead atoms. The monoisotopic (exact) mass is 382 g/mol. The van der Waals surface area contributed by atoms with E-state index in [2.05, 4.69) is 20.0 Å². The van der Waals surface area contributed by atoms with Gasteiger partial charge in [-0.2, -0.15) is 5.10 Å². The average Bonchev–Trinajstić information content (AvgIpc) is 3.32. The summed E-state index contributed by atoms with van der Waals surface area (Å²) in [5.41, 5.74) is 1.82. The Morgan fingerprint density at radius 2 is 1.86 bits per heavy atom. The summed E-state index contributed by atoms with van der Waals surface area (Å²) in [4.78, 5) is 29.2. The number of nitrogens with zero attached hydrogens (tertiary/aromatic N) is 6. The Kier molecular flexibility index (Phi) is 4.12. The van der Waals surface area contributed by atoms with E-state index in [4.69, 9.17) is 0 Å². The van der Waals surface area contributed by atoms with E-state index in [0.717, 1.165) is 37.4 Å². The minimum atomic E-state index is -0.0967. The molecule has 0 aromatic carbocycles. The molecule has 1 atom stereocenters. The van der Waals surface area contributed by atoms with Crippen LogP contribution in [0.15, 0.2) is 23.0 Å². The van der Waals surface area contributed by atoms with Crippen LogP contribution in [0.5, 0.6) is 0 Å². The molecule has 0 radical (unpaired) electrons. The maximum atomic E-state index is 12.6. The van der Waals surface area contributed by atoms with Crippen LogP contribution >= 0.6 is 0 Å². The van der Waals surface area contributed by atoms with Gasteiger partial charge in [0.15, 0.2) is 5.82 Å². The molecule has 8 heteroatoms. The number of aryl methyl sites for hydroxylation is 2. The molecule has 1 saturated carbocycles. The molecule has 8 nitrogen and oxygen atoms in total. The highest BCUT2D eigenvalue weighted by Gasteiger charge is 2.45. The highest BCUT2D eigenvalue weighted by molar-refractivity contribution is 5.84. The van der Waals surface area contributed by atoms with E-state index in [1.165, 1.54) is 12.8 Å². The van der Waals surface area contributed by atoms with Crippen molar-refractivity contribution in [3.8, 4) is 5.82 Å². The summed E-state index contributed by atoms with van der Waals surface area (Å²) >= 11 is 0. The van der Waals surface area contributed by atoms with Crippen LogP contribution in [0, 0.1) is 19.8 Å². The number of aromatic nitrogens is 4. The molecule has 2 aromatic rings. The molecular formula is C20H26N6O2. The van der Waals surface area contributed by atoms with Gasteiger partial charge in [0.2, 0.25) is 5.91 Å². The average molecular weight is 382 g/mol. The normalized spacial score (nSPS) is 23.4. The van der Waals surface area contributed by atoms with Crippen LogP contribution in [0.25, 0.3) is 5.82 Å². The molecule has 2 aromatic heterocycles. The van der Waals surface area contributed by atoms with E-state index in [-0.39, 0.29) is 11.6 Å². The van der Waals surface area contributed by atoms with E-state index in [0.29, 0.717) is 30.2 Å². The molecule has 148 valence electrons. The number of hydrogen-bond donors (Lipinski definition) is 0. The maximum absolute atomic E-state index is 12.6. The van der Waals surface area contributed by atoms with Gasteiger partial charge in [0, 0.05) is 43.4 Å². The highest BCUT2D eigenvalue weighted by atomic mass is 16.2. The fourth-order valence-electron chi connectivity index (χ4n) is 4.54. The van der Waals surface area contributed by atoms with Gasteiger partial charge in [-0.25, -0.2) is 9.36 Å². The Morgan fingerprint density at radius 3 is 2.54 bits per heavy atom. The van der Waals surface area contributed by atoms with Crippen LogP contribution in [0.3, 0.4) is 0 Å². The standard InChI is InChI=1S/C20H26N6O2/c1-13-9-14(2)26(21-13)18-5-6-19(27)25(22-18)12-15-10-23(11-15)17-7-8-24(20(17)28)16-3-4-16/h5-6,9,15-17H,3-4,7-8,10-12H2,1-2H3. The lowest BCUT2D eigenvalue weighted by Crippen LogP contribution is -2.56. The Morgan fingerprint density at radius 1 is 1.07 bits per heavy atom. The first-order valence-corrected chi connectivity index (χ1v) is 10.2. The largest absolute Gasteiger partial charge is 0.338 e. The first-order valence-electron chi connectivity index (χ1n) is 10.2. The minimum Gasteiger partial charge on any atom is -0.338 e. The van der Waals surface area contributed by atoms with E-state index < -0.39 is 0 Å². The van der Waals surface area contributed by atoms with Gasteiger partial charge >= 0.3 is 0 Å². The van der Waals surface area contributed by atoms with Crippen molar-refractivity contribution in [1.29, 1.82) is 0 Å². The molecule has 0 spiro atoms. The zero-order valence-electron chi connectivity index (χ0n) is 16.4. The van der Waals surface area contributed by atoms with Gasteiger partial charge in [-0.05, 0) is 45.2 Å². The zero-order chi connectivity index (χ0) is 19.4. The third-order valence-corrected chi connectivity index (χ3v) is 6.14. The third-order valence-electron chi connectivity index (χ3n) is 6.14. The van der Waals surface area contributed by atoms with Crippen molar-refractivity contribution in [1.82, 2.24) is 29.4 Å². The summed E-state index contributed by atoms with van der Waals surface area (Å²) in [6.07, 6.45) is 3.27. The molecule has 4 heterocycles. The van der Waals surface area contributed by atoms with E-state index in [9.17, 15) is 9.59 Å². The molecule has 1 unspecified atom stereocenters. The summed E-state index contributed by atoms with van der Waals surface area (Å²) < 4.78 is 3.31. The molecule has 0 N–H and O–H groups in total. The molecule has 5 rings (SSSR count). The molecule has 3 aliphatic rings. The second kappa shape index (κ2) is 6.55. The topological polar surface area (TPSA) is 76.3 Å². The van der Waals surface area contributed by atoms with Crippen molar-refractivity contribution in [3.05, 3.63) is 39.9 Å². The number of hydrogen-bond acceptors (Lipinski definition) is 5. The molecular weight excluding hydrogens is 356 g/mol. The molecule has 2 aliphatic heterocycles. The number of likely N-dealkylation sites (tertiary alicyclic amines) is 2. The fraction of sp³-hybridized carbons (Fsp3) is 0.600. The van der Waals surface area contributed by atoms with Crippen molar-refractivity contribution >= 4 is 5.91 Å². The Bertz CT molecular complexity index is 969. The summed E-state index contributed by atoms with van der Waals surface area (Å²) in [6, 6.07) is 5.82. The lowest BCUT2D eigenvalue weighted by atomic mass is 9.97.